The SMILES string of the molecule is CC1CC=CC=C1c1cc(C=O)nn1C1=CC=[IH](C)N=C1.CCCCN(C)NC. The summed E-state index contributed by atoms with van der Waals surface area (Å²) >= 11 is -1.37. The zero-order valence-electron chi connectivity index (χ0n) is 18.1. The minimum atomic E-state index is -1.37. The predicted octanol–water partition coefficient (Wildman–Crippen LogP) is 4.04. The van der Waals surface area contributed by atoms with Crippen LogP contribution in [0.2, 0.25) is 0 Å². The number of hydrogen-bond acceptors (Lipinski definition) is 5. The third-order valence-corrected chi connectivity index (χ3v) is 7.60. The van der Waals surface area contributed by atoms with Gasteiger partial charge in [0.05, 0.1) is 0 Å². The first-order valence-corrected chi connectivity index (χ1v) is 14.8. The smallest absolute Gasteiger partial charge is 0.0127 e. The predicted molar refractivity (Wildman–Crippen MR) is 135 cm³/mol. The van der Waals surface area contributed by atoms with Crippen LogP contribution in [0.3, 0.4) is 0 Å². The van der Waals surface area contributed by atoms with Crippen LogP contribution < -0.4 is 5.43 Å². The molecule has 0 saturated heterocycles. The van der Waals surface area contributed by atoms with Crippen molar-refractivity contribution < 1.29 is 4.79 Å². The Hall–Kier alpha value is -1.71. The molecule has 0 aromatic carbocycles. The first-order valence-electron chi connectivity index (χ1n) is 10.0. The number of nitrogens with one attached hydrogen (secondary N) is 1. The molecule has 0 radical (unpaired) electrons. The number of aldehydes is 1. The molecule has 160 valence electrons. The number of unbranched alkanes of at least 4 members (excludes halogenated alkanes) is 1. The molecule has 1 N–H and O–H groups in total. The van der Waals surface area contributed by atoms with E-state index >= 15 is 0 Å². The van der Waals surface area contributed by atoms with E-state index in [9.17, 15) is 4.79 Å². The number of rotatable bonds is 7. The van der Waals surface area contributed by atoms with Crippen molar-refractivity contribution in [2.45, 2.75) is 33.1 Å². The number of hydrazine groups is 1. The van der Waals surface area contributed by atoms with Crippen LogP contribution in [-0.2, 0) is 0 Å². The first-order chi connectivity index (χ1) is 14.0. The van der Waals surface area contributed by atoms with Crippen LogP contribution in [0.5, 0.6) is 0 Å². The van der Waals surface area contributed by atoms with Crippen LogP contribution in [0.1, 0.15) is 49.3 Å². The number of allylic oxidation sites excluding steroid dienone is 6. The summed E-state index contributed by atoms with van der Waals surface area (Å²) in [6.45, 7) is 5.54. The fraction of sp³-hybridized carbons (Fsp3) is 0.455. The Balaban J connectivity index is 0.000000321. The van der Waals surface area contributed by atoms with Crippen LogP contribution >= 0.6 is 19.6 Å². The Kier molecular flexibility index (Phi) is 9.83. The van der Waals surface area contributed by atoms with Gasteiger partial charge in [0.25, 0.3) is 0 Å². The molecular weight excluding hydrogens is 477 g/mol. The summed E-state index contributed by atoms with van der Waals surface area (Å²) in [5.41, 5.74) is 6.62. The summed E-state index contributed by atoms with van der Waals surface area (Å²) in [6, 6.07) is 1.86. The molecule has 0 fully saturated rings. The number of alkyl halides is 1. The van der Waals surface area contributed by atoms with E-state index in [0.717, 1.165) is 30.6 Å². The Morgan fingerprint density at radius 1 is 1.41 bits per heavy atom. The first kappa shape index (κ1) is 23.6. The molecule has 1 aliphatic heterocycles. The topological polar surface area (TPSA) is 62.5 Å². The van der Waals surface area contributed by atoms with Crippen molar-refractivity contribution in [3.05, 3.63) is 41.8 Å². The minimum absolute atomic E-state index is 0.422. The van der Waals surface area contributed by atoms with Crippen molar-refractivity contribution in [2.75, 3.05) is 25.6 Å². The second-order valence-electron chi connectivity index (χ2n) is 7.16. The third kappa shape index (κ3) is 6.94. The minimum Gasteiger partial charge on any atom is -0.259 e. The van der Waals surface area contributed by atoms with Gasteiger partial charge in [-0.05, 0) is 13.5 Å². The van der Waals surface area contributed by atoms with Crippen LogP contribution in [0.25, 0.3) is 11.3 Å². The summed E-state index contributed by atoms with van der Waals surface area (Å²) in [7, 11) is 3.99. The average molecular weight is 511 g/mol. The molecule has 3 rings (SSSR count). The molecule has 2 heterocycles. The summed E-state index contributed by atoms with van der Waals surface area (Å²) < 4.78 is 8.61. The molecule has 7 heteroatoms. The summed E-state index contributed by atoms with van der Waals surface area (Å²) in [6.07, 6.45) is 14.7. The van der Waals surface area contributed by atoms with Crippen LogP contribution in [0.4, 0.5) is 0 Å². The standard InChI is InChI=1S/C16H18IN3O.C6H16N2/c1-12-5-3-4-6-15(12)16-9-13(11-21)19-20(16)14-7-8-17(2)18-10-14;1-4-5-6-8(3)7-2/h3-4,6-12,17H,5H2,1-2H3;7H,4-6H2,1-3H3. The second kappa shape index (κ2) is 12.1. The van der Waals surface area contributed by atoms with E-state index in [2.05, 4.69) is 72.9 Å². The molecule has 29 heavy (non-hydrogen) atoms. The van der Waals surface area contributed by atoms with Gasteiger partial charge in [-0.1, -0.05) is 13.3 Å². The van der Waals surface area contributed by atoms with Crippen molar-refractivity contribution in [1.82, 2.24) is 20.2 Å². The summed E-state index contributed by atoms with van der Waals surface area (Å²) in [5, 5.41) is 6.50. The molecule has 2 atom stereocenters. The Labute approximate surface area is 181 Å². The van der Waals surface area contributed by atoms with Gasteiger partial charge in [-0.2, -0.15) is 0 Å². The van der Waals surface area contributed by atoms with Gasteiger partial charge in [0.2, 0.25) is 0 Å². The number of nitrogens with zero attached hydrogens (tertiary/aromatic N) is 4. The van der Waals surface area contributed by atoms with Gasteiger partial charge in [0.1, 0.15) is 0 Å². The van der Waals surface area contributed by atoms with E-state index in [1.54, 1.807) is 0 Å². The Morgan fingerprint density at radius 3 is 2.79 bits per heavy atom. The van der Waals surface area contributed by atoms with Gasteiger partial charge in [0.15, 0.2) is 0 Å². The van der Waals surface area contributed by atoms with E-state index < -0.39 is 19.6 Å². The largest absolute Gasteiger partial charge is 0.259 e. The molecule has 0 spiro atoms. The van der Waals surface area contributed by atoms with Crippen LogP contribution in [0, 0.1) is 5.92 Å². The monoisotopic (exact) mass is 511 g/mol. The maximum Gasteiger partial charge on any atom is 0.0127 e. The fourth-order valence-electron chi connectivity index (χ4n) is 2.96. The molecule has 0 amide bonds. The summed E-state index contributed by atoms with van der Waals surface area (Å²) in [5.74, 6) is 0.422. The van der Waals surface area contributed by atoms with Crippen molar-refractivity contribution in [3.63, 3.8) is 0 Å². The Bertz CT molecular complexity index is 847. The van der Waals surface area contributed by atoms with Gasteiger partial charge in [0, 0.05) is 13.6 Å². The molecular formula is C22H34IN5O. The fourth-order valence-corrected chi connectivity index (χ4v) is 4.90. The summed E-state index contributed by atoms with van der Waals surface area (Å²) in [4.78, 5) is 13.3. The third-order valence-electron chi connectivity index (χ3n) is 4.84. The number of carbonyl (C=O) groups is 1. The average Bonchev–Trinajstić information content (AvgIpc) is 3.17. The number of carbonyl (C=O) groups excluding carboxylic acids is 1. The molecule has 0 bridgehead atoms. The number of hydrogen-bond donors (Lipinski definition) is 1. The van der Waals surface area contributed by atoms with E-state index in [-0.39, 0.29) is 0 Å². The van der Waals surface area contributed by atoms with Gasteiger partial charge in [-0.25, -0.2) is 5.01 Å². The van der Waals surface area contributed by atoms with Crippen molar-refractivity contribution in [2.24, 2.45) is 9.12 Å². The molecule has 0 saturated carbocycles. The van der Waals surface area contributed by atoms with Crippen LogP contribution in [0.15, 0.2) is 33.6 Å². The van der Waals surface area contributed by atoms with E-state index in [1.807, 2.05) is 24.0 Å². The zero-order chi connectivity index (χ0) is 21.2. The van der Waals surface area contributed by atoms with Crippen molar-refractivity contribution >= 4 is 47.4 Å². The second-order valence-corrected chi connectivity index (χ2v) is 11.5. The van der Waals surface area contributed by atoms with E-state index in [4.69, 9.17) is 0 Å². The van der Waals surface area contributed by atoms with Gasteiger partial charge in [-0.15, -0.1) is 0 Å². The molecule has 1 aromatic rings. The maximum atomic E-state index is 11.1. The van der Waals surface area contributed by atoms with Gasteiger partial charge < -0.3 is 0 Å². The molecule has 2 unspecified atom stereocenters. The van der Waals surface area contributed by atoms with Crippen molar-refractivity contribution in [1.29, 1.82) is 0 Å². The normalized spacial score (nSPS) is 21.7. The van der Waals surface area contributed by atoms with Crippen LogP contribution in [-0.4, -0.2) is 56.9 Å². The zero-order valence-corrected chi connectivity index (χ0v) is 20.5. The quantitative estimate of drug-likeness (QED) is 0.260. The number of aromatic nitrogens is 2. The van der Waals surface area contributed by atoms with E-state index in [1.165, 1.54) is 18.4 Å². The number of halogens is 1. The van der Waals surface area contributed by atoms with Gasteiger partial charge >= 0.3 is 131 Å². The van der Waals surface area contributed by atoms with Gasteiger partial charge in [-0.3, -0.25) is 5.43 Å². The van der Waals surface area contributed by atoms with E-state index in [0.29, 0.717) is 11.6 Å². The van der Waals surface area contributed by atoms with Crippen molar-refractivity contribution in [3.8, 4) is 0 Å². The molecule has 1 aliphatic carbocycles. The maximum absolute atomic E-state index is 11.1. The molecule has 6 nitrogen and oxygen atoms in total. The Morgan fingerprint density at radius 2 is 2.21 bits per heavy atom. The molecule has 2 aliphatic rings. The molecule has 1 aromatic heterocycles.